The number of aromatic nitrogens is 1. The predicted octanol–water partition coefficient (Wildman–Crippen LogP) is 3.68. The molecule has 0 aliphatic carbocycles. The molecule has 0 aliphatic rings. The molecule has 0 fully saturated rings. The maximum absolute atomic E-state index is 12.6. The minimum Gasteiger partial charge on any atom is -0.465 e. The van der Waals surface area contributed by atoms with E-state index in [-0.39, 0.29) is 6.07 Å². The Morgan fingerprint density at radius 3 is 2.24 bits per heavy atom. The van der Waals surface area contributed by atoms with Crippen molar-refractivity contribution in [1.82, 2.24) is 4.98 Å². The van der Waals surface area contributed by atoms with Crippen molar-refractivity contribution in [3.8, 4) is 5.75 Å². The van der Waals surface area contributed by atoms with Crippen molar-refractivity contribution in [2.75, 3.05) is 7.11 Å². The molecule has 0 unspecified atom stereocenters. The highest BCUT2D eigenvalue weighted by molar-refractivity contribution is 9.08. The molecule has 0 bridgehead atoms. The van der Waals surface area contributed by atoms with Gasteiger partial charge in [0.15, 0.2) is 5.75 Å². The highest BCUT2D eigenvalue weighted by atomic mass is 79.9. The number of hydrogen-bond donors (Lipinski definition) is 0. The van der Waals surface area contributed by atoms with Gasteiger partial charge in [0.1, 0.15) is 11.3 Å². The molecule has 4 nitrogen and oxygen atoms in total. The molecule has 1 aromatic rings. The molecule has 0 saturated heterocycles. The number of hydrogen-bond acceptors (Lipinski definition) is 4. The van der Waals surface area contributed by atoms with E-state index in [2.05, 4.69) is 30.4 Å². The number of ether oxygens (including phenoxy) is 2. The zero-order valence-electron chi connectivity index (χ0n) is 10.1. The summed E-state index contributed by atoms with van der Waals surface area (Å²) in [6.45, 7) is 0. The van der Waals surface area contributed by atoms with Crippen molar-refractivity contribution in [2.45, 2.75) is 17.9 Å². The number of methoxy groups -OCH3 is 1. The molecule has 1 heterocycles. The van der Waals surface area contributed by atoms with Crippen LogP contribution in [-0.2, 0) is 16.2 Å². The molecule has 118 valence electrons. The van der Waals surface area contributed by atoms with E-state index < -0.39 is 46.5 Å². The number of pyridine rings is 1. The third kappa shape index (κ3) is 4.48. The van der Waals surface area contributed by atoms with Crippen LogP contribution in [0.4, 0.5) is 26.3 Å². The number of alkyl halides is 7. The van der Waals surface area contributed by atoms with Crippen LogP contribution in [-0.4, -0.2) is 24.4 Å². The second kappa shape index (κ2) is 6.08. The minimum absolute atomic E-state index is 0.138. The van der Waals surface area contributed by atoms with Crippen LogP contribution in [0, 0.1) is 0 Å². The Bertz CT molecular complexity index is 543. The first-order chi connectivity index (χ1) is 9.49. The van der Waals surface area contributed by atoms with E-state index in [4.69, 9.17) is 0 Å². The van der Waals surface area contributed by atoms with Gasteiger partial charge in [-0.05, 0) is 6.07 Å². The maximum Gasteiger partial charge on any atom is 0.573 e. The fourth-order valence-electron chi connectivity index (χ4n) is 1.31. The summed E-state index contributed by atoms with van der Waals surface area (Å²) >= 11 is 2.69. The number of carbonyl (C=O) groups is 1. The molecule has 0 amide bonds. The lowest BCUT2D eigenvalue weighted by atomic mass is 10.1. The van der Waals surface area contributed by atoms with Crippen LogP contribution in [0.15, 0.2) is 6.07 Å². The molecular weight excluding hydrogens is 376 g/mol. The van der Waals surface area contributed by atoms with Gasteiger partial charge in [-0.15, -0.1) is 13.2 Å². The summed E-state index contributed by atoms with van der Waals surface area (Å²) in [5.41, 5.74) is -3.29. The van der Waals surface area contributed by atoms with E-state index in [1.54, 1.807) is 0 Å². The van der Waals surface area contributed by atoms with Gasteiger partial charge in [-0.25, -0.2) is 9.78 Å². The zero-order chi connectivity index (χ0) is 16.4. The van der Waals surface area contributed by atoms with Crippen molar-refractivity contribution >= 4 is 21.9 Å². The summed E-state index contributed by atoms with van der Waals surface area (Å²) < 4.78 is 82.5. The number of carbonyl (C=O) groups excluding carboxylic acids is 1. The smallest absolute Gasteiger partial charge is 0.465 e. The van der Waals surface area contributed by atoms with Gasteiger partial charge in [0, 0.05) is 5.33 Å². The van der Waals surface area contributed by atoms with Crippen LogP contribution in [0.1, 0.15) is 21.7 Å². The van der Waals surface area contributed by atoms with E-state index in [0.29, 0.717) is 0 Å². The Kier molecular flexibility index (Phi) is 5.07. The van der Waals surface area contributed by atoms with Crippen molar-refractivity contribution in [1.29, 1.82) is 0 Å². The second-order valence-corrected chi connectivity index (χ2v) is 4.06. The quantitative estimate of drug-likeness (QED) is 0.455. The second-order valence-electron chi connectivity index (χ2n) is 3.50. The van der Waals surface area contributed by atoms with Crippen molar-refractivity contribution < 1.29 is 40.6 Å². The fourth-order valence-corrected chi connectivity index (χ4v) is 1.69. The molecule has 0 radical (unpaired) electrons. The fraction of sp³-hybridized carbons (Fsp3) is 0.400. The molecule has 1 aromatic heterocycles. The Morgan fingerprint density at radius 1 is 1.29 bits per heavy atom. The van der Waals surface area contributed by atoms with E-state index >= 15 is 0 Å². The molecule has 0 aromatic carbocycles. The first-order valence-electron chi connectivity index (χ1n) is 5.00. The lowest BCUT2D eigenvalue weighted by Crippen LogP contribution is -2.22. The third-order valence-corrected chi connectivity index (χ3v) is 2.61. The SMILES string of the molecule is COC(=O)c1cc(C(F)(F)F)nc(CBr)c1OC(F)(F)F. The lowest BCUT2D eigenvalue weighted by Gasteiger charge is -2.17. The molecule has 0 saturated carbocycles. The first-order valence-corrected chi connectivity index (χ1v) is 6.13. The molecule has 0 spiro atoms. The van der Waals surface area contributed by atoms with Crippen LogP contribution in [0.3, 0.4) is 0 Å². The first kappa shape index (κ1) is 17.5. The topological polar surface area (TPSA) is 48.4 Å². The van der Waals surface area contributed by atoms with Gasteiger partial charge in [-0.3, -0.25) is 0 Å². The van der Waals surface area contributed by atoms with Gasteiger partial charge in [0.25, 0.3) is 0 Å². The zero-order valence-corrected chi connectivity index (χ0v) is 11.7. The largest absolute Gasteiger partial charge is 0.573 e. The highest BCUT2D eigenvalue weighted by Gasteiger charge is 2.39. The Hall–Kier alpha value is -1.52. The molecule has 1 rings (SSSR count). The van der Waals surface area contributed by atoms with E-state index in [0.717, 1.165) is 7.11 Å². The normalized spacial score (nSPS) is 12.2. The summed E-state index contributed by atoms with van der Waals surface area (Å²) in [6.07, 6.45) is -10.2. The van der Waals surface area contributed by atoms with E-state index in [1.807, 2.05) is 0 Å². The minimum atomic E-state index is -5.21. The van der Waals surface area contributed by atoms with Crippen LogP contribution >= 0.6 is 15.9 Å². The summed E-state index contributed by atoms with van der Waals surface area (Å²) in [6, 6.07) is 0.138. The van der Waals surface area contributed by atoms with Gasteiger partial charge < -0.3 is 9.47 Å². The molecule has 11 heteroatoms. The highest BCUT2D eigenvalue weighted by Crippen LogP contribution is 2.36. The van der Waals surface area contributed by atoms with Gasteiger partial charge >= 0.3 is 18.5 Å². The van der Waals surface area contributed by atoms with Crippen molar-refractivity contribution in [3.63, 3.8) is 0 Å². The summed E-state index contributed by atoms with van der Waals surface area (Å²) in [4.78, 5) is 14.4. The summed E-state index contributed by atoms with van der Waals surface area (Å²) in [5.74, 6) is -2.55. The summed E-state index contributed by atoms with van der Waals surface area (Å²) in [7, 11) is 0.807. The Labute approximate surface area is 122 Å². The van der Waals surface area contributed by atoms with Crippen LogP contribution in [0.2, 0.25) is 0 Å². The lowest BCUT2D eigenvalue weighted by molar-refractivity contribution is -0.275. The molecular formula is C10H6BrF6NO3. The number of halogens is 7. The Morgan fingerprint density at radius 2 is 1.86 bits per heavy atom. The summed E-state index contributed by atoms with van der Waals surface area (Å²) in [5, 5.41) is -0.494. The van der Waals surface area contributed by atoms with Gasteiger partial charge in [-0.1, -0.05) is 15.9 Å². The predicted molar refractivity (Wildman–Crippen MR) is 59.9 cm³/mol. The monoisotopic (exact) mass is 381 g/mol. The van der Waals surface area contributed by atoms with Crippen molar-refractivity contribution in [2.24, 2.45) is 0 Å². The van der Waals surface area contributed by atoms with Crippen LogP contribution in [0.25, 0.3) is 0 Å². The maximum atomic E-state index is 12.6. The molecule has 21 heavy (non-hydrogen) atoms. The number of nitrogens with zero attached hydrogens (tertiary/aromatic N) is 1. The number of rotatable bonds is 3. The van der Waals surface area contributed by atoms with E-state index in [9.17, 15) is 31.1 Å². The van der Waals surface area contributed by atoms with E-state index in [1.165, 1.54) is 0 Å². The van der Waals surface area contributed by atoms with Crippen LogP contribution in [0.5, 0.6) is 5.75 Å². The average molecular weight is 382 g/mol. The van der Waals surface area contributed by atoms with Gasteiger partial charge in [-0.2, -0.15) is 13.2 Å². The van der Waals surface area contributed by atoms with Crippen molar-refractivity contribution in [3.05, 3.63) is 23.0 Å². The van der Waals surface area contributed by atoms with Crippen LogP contribution < -0.4 is 4.74 Å². The number of esters is 1. The molecule has 0 atom stereocenters. The standard InChI is InChI=1S/C10H6BrF6NO3/c1-20-8(19)4-2-6(9(12,13)14)18-5(3-11)7(4)21-10(15,16)17/h2H,3H2,1H3. The average Bonchev–Trinajstić information content (AvgIpc) is 2.34. The molecule has 0 aliphatic heterocycles. The third-order valence-electron chi connectivity index (χ3n) is 2.08. The Balaban J connectivity index is 3.56. The van der Waals surface area contributed by atoms with Gasteiger partial charge in [0.05, 0.1) is 12.8 Å². The van der Waals surface area contributed by atoms with Gasteiger partial charge in [0.2, 0.25) is 0 Å². The molecule has 0 N–H and O–H groups in total.